The van der Waals surface area contributed by atoms with E-state index in [0.29, 0.717) is 6.73 Å². The van der Waals surface area contributed by atoms with Crippen LogP contribution in [0.3, 0.4) is 0 Å². The van der Waals surface area contributed by atoms with Gasteiger partial charge in [0.15, 0.2) is 12.6 Å². The van der Waals surface area contributed by atoms with Crippen LogP contribution < -0.4 is 57.9 Å². The molecule has 21 heteroatoms. The zero-order valence-corrected chi connectivity index (χ0v) is 53.3. The van der Waals surface area contributed by atoms with Gasteiger partial charge in [0, 0.05) is 152 Å². The van der Waals surface area contributed by atoms with E-state index in [9.17, 15) is 0 Å². The molecule has 0 amide bonds. The molecule has 0 aliphatic carbocycles. The lowest BCUT2D eigenvalue weighted by Gasteiger charge is -2.10. The number of furan rings is 2. The Kier molecular flexibility index (Phi) is 23.9. The molecule has 0 saturated carbocycles. The van der Waals surface area contributed by atoms with E-state index in [4.69, 9.17) is 13.6 Å². The molecule has 20 rings (SSSR count). The molecule has 0 aromatic carbocycles. The number of H-pyrrole nitrogens is 1. The van der Waals surface area contributed by atoms with Gasteiger partial charge in [-0.25, -0.2) is 0 Å². The first-order valence-electron chi connectivity index (χ1n) is 30.8. The Morgan fingerprint density at radius 2 is 0.989 bits per heavy atom. The summed E-state index contributed by atoms with van der Waals surface area (Å²) in [5.41, 5.74) is 16.7. The standard InChI is InChI=1S/4C8H8N2.C7H8N2.2C7H7NO.2C7H7NS.C6H6N2O/c2*1-2-7-6-9-5-3-8(7)10-4-1;2*1-2-7-3-5-9-6-8(7)10-4-1;1-2-6-3-5-9-7(6)8-4-1;1-2-7-6(8-4-1)3-5-9-7;1-2-6-3-5-9-7(6)8-4-1;1-2-7-6(8-4-1)3-5-9-7;1-2-6-3-5-9-7(6)8-4-1;1-2-7-3-5-6(1)9-4-8-5/h1,3-6,10H,2H2;1-3,5-6,10H,4H2;1,3-6,10H,2H2;1-3,5-6,10H,4H2;1-3,5,8-9H,4H2;4*1-3,5,8H,4H2;1-3,8H,4H2. The second-order valence-electron chi connectivity index (χ2n) is 20.9. The van der Waals surface area contributed by atoms with Gasteiger partial charge in [0.25, 0.3) is 0 Å². The number of anilines is 10. The van der Waals surface area contributed by atoms with Crippen molar-refractivity contribution in [3.8, 4) is 5.75 Å². The maximum absolute atomic E-state index is 5.15. The van der Waals surface area contributed by atoms with Crippen molar-refractivity contribution in [2.45, 2.75) is 12.8 Å². The highest BCUT2D eigenvalue weighted by Gasteiger charge is 2.10. The van der Waals surface area contributed by atoms with Crippen LogP contribution in [0.15, 0.2) is 228 Å². The van der Waals surface area contributed by atoms with Gasteiger partial charge in [-0.2, -0.15) is 0 Å². The van der Waals surface area contributed by atoms with E-state index in [1.165, 1.54) is 60.3 Å². The topological polar surface area (TPSA) is 236 Å². The van der Waals surface area contributed by atoms with Gasteiger partial charge in [-0.1, -0.05) is 85.1 Å². The van der Waals surface area contributed by atoms with E-state index in [2.05, 4.69) is 197 Å². The number of hydrogen-bond acceptors (Lipinski definition) is 20. The lowest BCUT2D eigenvalue weighted by Crippen LogP contribution is -2.03. The smallest absolute Gasteiger partial charge is 0.200 e. The van der Waals surface area contributed by atoms with Gasteiger partial charge in [-0.3, -0.25) is 24.9 Å². The largest absolute Gasteiger partial charge is 0.471 e. The summed E-state index contributed by atoms with van der Waals surface area (Å²) in [4.78, 5) is 24.4. The number of hydrogen-bond donors (Lipinski definition) is 11. The van der Waals surface area contributed by atoms with Crippen LogP contribution in [0.4, 0.5) is 56.5 Å². The molecule has 94 heavy (non-hydrogen) atoms. The third-order valence-corrected chi connectivity index (χ3v) is 16.3. The number of nitrogens with zero attached hydrogens (tertiary/aromatic N) is 5. The van der Waals surface area contributed by atoms with Crippen LogP contribution in [-0.2, 0) is 12.8 Å². The van der Waals surface area contributed by atoms with E-state index in [-0.39, 0.29) is 0 Å². The summed E-state index contributed by atoms with van der Waals surface area (Å²) in [7, 11) is 0. The van der Waals surface area contributed by atoms with Gasteiger partial charge in [-0.15, -0.1) is 22.7 Å². The number of nitrogens with one attached hydrogen (secondary N) is 11. The number of ether oxygens (including phenoxy) is 1. The zero-order chi connectivity index (χ0) is 63.9. The molecule has 0 atom stereocenters. The predicted molar refractivity (Wildman–Crippen MR) is 393 cm³/mol. The van der Waals surface area contributed by atoms with E-state index < -0.39 is 0 Å². The number of aromatic nitrogens is 6. The molecule has 0 spiro atoms. The first-order valence-corrected chi connectivity index (χ1v) is 32.6. The summed E-state index contributed by atoms with van der Waals surface area (Å²) in [5, 5.41) is 37.2. The third-order valence-electron chi connectivity index (χ3n) is 14.6. The SMILES string of the molecule is C1=CNc2ccncc2C1.C1=CNc2cnccc2C1.C1=Cc2cc[nH]c2NC1.C1=Cc2ccncc2NC1.C1=Cc2ccoc2NC1.C1=Cc2ccsc2NC1.C1=Cc2cnccc2NC1.C1=Cc2occc2NC1.C1=Cc2sccc2NC1.c1cc2c(cn1)NCO2. The van der Waals surface area contributed by atoms with Crippen molar-refractivity contribution in [1.82, 2.24) is 29.9 Å². The van der Waals surface area contributed by atoms with Crippen LogP contribution in [0, 0.1) is 0 Å². The van der Waals surface area contributed by atoms with Crippen molar-refractivity contribution < 1.29 is 13.6 Å². The first-order chi connectivity index (χ1) is 46.7. The molecule has 0 saturated heterocycles. The maximum Gasteiger partial charge on any atom is 0.200 e. The number of aromatic amines is 1. The minimum Gasteiger partial charge on any atom is -0.471 e. The van der Waals surface area contributed by atoms with Crippen LogP contribution >= 0.6 is 22.7 Å². The average Bonchev–Trinajstić information content (AvgIpc) is 4.18. The Bertz CT molecular complexity index is 3780. The van der Waals surface area contributed by atoms with Crippen molar-refractivity contribution in [1.29, 1.82) is 0 Å². The van der Waals surface area contributed by atoms with E-state index in [0.717, 1.165) is 110 Å². The lowest BCUT2D eigenvalue weighted by molar-refractivity contribution is 0.372. The van der Waals surface area contributed by atoms with Crippen LogP contribution in [0.5, 0.6) is 5.75 Å². The summed E-state index contributed by atoms with van der Waals surface area (Å²) >= 11 is 3.54. The number of fused-ring (bicyclic) bond motifs is 10. The van der Waals surface area contributed by atoms with Crippen molar-refractivity contribution >= 4 is 122 Å². The highest BCUT2D eigenvalue weighted by Crippen LogP contribution is 2.29. The van der Waals surface area contributed by atoms with Gasteiger partial charge in [0.1, 0.15) is 17.3 Å². The van der Waals surface area contributed by atoms with Gasteiger partial charge in [0.05, 0.1) is 64.6 Å². The molecule has 0 unspecified atom stereocenters. The second kappa shape index (κ2) is 35.2. The second-order valence-corrected chi connectivity index (χ2v) is 22.8. The summed E-state index contributed by atoms with van der Waals surface area (Å²) in [6, 6.07) is 20.0. The molecular formula is C73H74N16O3S2. The monoisotopic (exact) mass is 1290 g/mol. The highest BCUT2D eigenvalue weighted by molar-refractivity contribution is 7.14. The van der Waals surface area contributed by atoms with Crippen molar-refractivity contribution in [3.05, 3.63) is 269 Å². The third kappa shape index (κ3) is 19.2. The highest BCUT2D eigenvalue weighted by atomic mass is 32.1. The number of allylic oxidation sites excluding steroid dienone is 2. The minimum atomic E-state index is 0.570. The number of pyridine rings is 5. The van der Waals surface area contributed by atoms with Crippen molar-refractivity contribution in [2.75, 3.05) is 106 Å². The normalized spacial score (nSPS) is 14.3. The maximum atomic E-state index is 5.15. The van der Waals surface area contributed by atoms with Crippen LogP contribution in [0.2, 0.25) is 0 Å². The molecule has 0 radical (unpaired) electrons. The summed E-state index contributed by atoms with van der Waals surface area (Å²) in [5.74, 6) is 3.85. The van der Waals surface area contributed by atoms with Gasteiger partial charge < -0.3 is 71.7 Å². The van der Waals surface area contributed by atoms with Crippen molar-refractivity contribution in [3.63, 3.8) is 0 Å². The average molecular weight is 1290 g/mol. The van der Waals surface area contributed by atoms with Crippen LogP contribution in [-0.4, -0.2) is 82.4 Å². The number of thiophene rings is 2. The quantitative estimate of drug-likeness (QED) is 0.0677. The van der Waals surface area contributed by atoms with Crippen LogP contribution in [0.25, 0.3) is 42.5 Å². The van der Waals surface area contributed by atoms with E-state index >= 15 is 0 Å². The molecule has 11 N–H and O–H groups in total. The fraction of sp³-hybridized carbons (Fsp3) is 0.137. The van der Waals surface area contributed by atoms with Crippen LogP contribution in [0.1, 0.15) is 49.6 Å². The summed E-state index contributed by atoms with van der Waals surface area (Å²) < 4.78 is 15.3. The molecular weight excluding hydrogens is 1210 g/mol. The molecule has 0 bridgehead atoms. The Morgan fingerprint density at radius 3 is 1.76 bits per heavy atom. The first kappa shape index (κ1) is 64.0. The number of rotatable bonds is 0. The molecule has 10 aliphatic heterocycles. The summed E-state index contributed by atoms with van der Waals surface area (Å²) in [6.07, 6.45) is 62.9. The molecule has 10 aromatic rings. The Labute approximate surface area is 555 Å². The lowest BCUT2D eigenvalue weighted by atomic mass is 10.1. The molecule has 10 aromatic heterocycles. The Morgan fingerprint density at radius 1 is 0.372 bits per heavy atom. The van der Waals surface area contributed by atoms with Gasteiger partial charge in [0.2, 0.25) is 0 Å². The van der Waals surface area contributed by atoms with Crippen molar-refractivity contribution in [2.24, 2.45) is 0 Å². The van der Waals surface area contributed by atoms with Gasteiger partial charge in [-0.05, 0) is 108 Å². The molecule has 10 aliphatic rings. The minimum absolute atomic E-state index is 0.570. The Hall–Kier alpha value is -11.6. The van der Waals surface area contributed by atoms with E-state index in [1.54, 1.807) is 66.2 Å². The predicted octanol–water partition coefficient (Wildman–Crippen LogP) is 16.3. The molecule has 476 valence electrons. The molecule has 0 fully saturated rings. The zero-order valence-electron chi connectivity index (χ0n) is 51.7. The fourth-order valence-electron chi connectivity index (χ4n) is 9.82. The Balaban J connectivity index is 0.000000107. The molecule has 20 heterocycles. The van der Waals surface area contributed by atoms with Gasteiger partial charge >= 0.3 is 0 Å². The molecule has 19 nitrogen and oxygen atoms in total. The van der Waals surface area contributed by atoms with E-state index in [1.807, 2.05) is 104 Å². The fourth-order valence-corrected chi connectivity index (χ4v) is 11.4. The summed E-state index contributed by atoms with van der Waals surface area (Å²) in [6.45, 7) is 7.09.